The topological polar surface area (TPSA) is 38.3 Å². The van der Waals surface area contributed by atoms with E-state index < -0.39 is 12.2 Å². The Labute approximate surface area is 94.6 Å². The summed E-state index contributed by atoms with van der Waals surface area (Å²) < 4.78 is 16.8. The molecule has 0 radical (unpaired) electrons. The predicted molar refractivity (Wildman–Crippen MR) is 58.9 cm³/mol. The molecule has 0 aromatic heterocycles. The SMILES string of the molecule is C=C(C)CCl.COC(=O)C1CC(F)CN1. The van der Waals surface area contributed by atoms with Gasteiger partial charge in [0.1, 0.15) is 12.2 Å². The molecule has 2 atom stereocenters. The molecule has 0 aromatic rings. The van der Waals surface area contributed by atoms with E-state index in [1.165, 1.54) is 7.11 Å². The van der Waals surface area contributed by atoms with Crippen LogP contribution in [0.25, 0.3) is 0 Å². The quantitative estimate of drug-likeness (QED) is 0.451. The fourth-order valence-electron chi connectivity index (χ4n) is 1.01. The molecule has 0 bridgehead atoms. The van der Waals surface area contributed by atoms with Gasteiger partial charge in [0.15, 0.2) is 0 Å². The number of rotatable bonds is 2. The van der Waals surface area contributed by atoms with Crippen LogP contribution in [0.4, 0.5) is 4.39 Å². The van der Waals surface area contributed by atoms with Crippen molar-refractivity contribution in [1.29, 1.82) is 0 Å². The Balaban J connectivity index is 0.000000336. The lowest BCUT2D eigenvalue weighted by atomic mass is 10.2. The van der Waals surface area contributed by atoms with Crippen molar-refractivity contribution in [2.75, 3.05) is 19.5 Å². The number of hydrogen-bond donors (Lipinski definition) is 1. The van der Waals surface area contributed by atoms with Gasteiger partial charge in [0.2, 0.25) is 0 Å². The number of carbonyl (C=O) groups is 1. The molecule has 5 heteroatoms. The van der Waals surface area contributed by atoms with Crippen molar-refractivity contribution >= 4 is 17.6 Å². The molecule has 0 aromatic carbocycles. The molecule has 1 fully saturated rings. The minimum atomic E-state index is -0.899. The van der Waals surface area contributed by atoms with Gasteiger partial charge in [0, 0.05) is 18.8 Å². The summed E-state index contributed by atoms with van der Waals surface area (Å²) in [6.45, 7) is 5.70. The normalized spacial score (nSPS) is 24.0. The first-order valence-corrected chi connectivity index (χ1v) is 5.20. The molecule has 15 heavy (non-hydrogen) atoms. The molecule has 1 aliphatic heterocycles. The fourth-order valence-corrected chi connectivity index (χ4v) is 1.01. The molecule has 1 aliphatic rings. The summed E-state index contributed by atoms with van der Waals surface area (Å²) in [4.78, 5) is 10.7. The van der Waals surface area contributed by atoms with E-state index in [2.05, 4.69) is 16.6 Å². The number of allylic oxidation sites excluding steroid dienone is 1. The highest BCUT2D eigenvalue weighted by molar-refractivity contribution is 6.19. The van der Waals surface area contributed by atoms with Gasteiger partial charge in [-0.25, -0.2) is 4.39 Å². The summed E-state index contributed by atoms with van der Waals surface area (Å²) in [5.41, 5.74) is 1.02. The second kappa shape index (κ2) is 7.65. The minimum absolute atomic E-state index is 0.243. The van der Waals surface area contributed by atoms with Gasteiger partial charge in [-0.3, -0.25) is 4.79 Å². The van der Waals surface area contributed by atoms with E-state index in [1.807, 2.05) is 6.92 Å². The van der Waals surface area contributed by atoms with Crippen molar-refractivity contribution in [1.82, 2.24) is 5.32 Å². The van der Waals surface area contributed by atoms with Crippen molar-refractivity contribution in [2.24, 2.45) is 0 Å². The van der Waals surface area contributed by atoms with Gasteiger partial charge in [-0.2, -0.15) is 0 Å². The summed E-state index contributed by atoms with van der Waals surface area (Å²) >= 11 is 5.24. The zero-order valence-corrected chi connectivity index (χ0v) is 9.81. The average Bonchev–Trinajstić information content (AvgIpc) is 2.64. The number of nitrogens with one attached hydrogen (secondary N) is 1. The van der Waals surface area contributed by atoms with Crippen LogP contribution in [-0.2, 0) is 9.53 Å². The van der Waals surface area contributed by atoms with Gasteiger partial charge in [-0.05, 0) is 6.92 Å². The van der Waals surface area contributed by atoms with Crippen LogP contribution in [0.15, 0.2) is 12.2 Å². The number of ether oxygens (including phenoxy) is 1. The number of esters is 1. The predicted octanol–water partition coefficient (Wildman–Crippen LogP) is 1.66. The molecule has 1 heterocycles. The summed E-state index contributed by atoms with van der Waals surface area (Å²) in [5, 5.41) is 2.71. The smallest absolute Gasteiger partial charge is 0.322 e. The molecular formula is C10H17ClFNO2. The molecule has 0 amide bonds. The van der Waals surface area contributed by atoms with E-state index in [9.17, 15) is 9.18 Å². The Morgan fingerprint density at radius 2 is 2.27 bits per heavy atom. The Morgan fingerprint density at radius 3 is 2.53 bits per heavy atom. The summed E-state index contributed by atoms with van der Waals surface area (Å²) in [7, 11) is 1.30. The molecule has 88 valence electrons. The summed E-state index contributed by atoms with van der Waals surface area (Å²) in [6.07, 6.45) is -0.656. The van der Waals surface area contributed by atoms with Gasteiger partial charge >= 0.3 is 5.97 Å². The monoisotopic (exact) mass is 237 g/mol. The van der Waals surface area contributed by atoms with Gasteiger partial charge in [0.05, 0.1) is 7.11 Å². The first-order valence-electron chi connectivity index (χ1n) is 4.66. The van der Waals surface area contributed by atoms with Gasteiger partial charge in [-0.15, -0.1) is 11.6 Å². The van der Waals surface area contributed by atoms with Crippen LogP contribution < -0.4 is 5.32 Å². The number of methoxy groups -OCH3 is 1. The first-order chi connectivity index (χ1) is 7.01. The van der Waals surface area contributed by atoms with E-state index in [0.29, 0.717) is 5.88 Å². The third-order valence-electron chi connectivity index (χ3n) is 1.79. The highest BCUT2D eigenvalue weighted by Gasteiger charge is 2.29. The van der Waals surface area contributed by atoms with E-state index in [0.717, 1.165) is 5.57 Å². The van der Waals surface area contributed by atoms with Crippen molar-refractivity contribution in [2.45, 2.75) is 25.6 Å². The van der Waals surface area contributed by atoms with Crippen molar-refractivity contribution in [3.05, 3.63) is 12.2 Å². The third kappa shape index (κ3) is 6.47. The van der Waals surface area contributed by atoms with Crippen LogP contribution in [-0.4, -0.2) is 37.7 Å². The lowest BCUT2D eigenvalue weighted by Crippen LogP contribution is -2.31. The lowest BCUT2D eigenvalue weighted by molar-refractivity contribution is -0.142. The van der Waals surface area contributed by atoms with Crippen molar-refractivity contribution in [3.8, 4) is 0 Å². The molecule has 3 nitrogen and oxygen atoms in total. The standard InChI is InChI=1S/C6H10FNO2.C4H7Cl/c1-10-6(9)5-2-4(7)3-8-5;1-4(2)3-5/h4-5,8H,2-3H2,1H3;1,3H2,2H3. The van der Waals surface area contributed by atoms with Gasteiger partial charge in [0.25, 0.3) is 0 Å². The van der Waals surface area contributed by atoms with Crippen LogP contribution >= 0.6 is 11.6 Å². The number of carbonyl (C=O) groups excluding carboxylic acids is 1. The largest absolute Gasteiger partial charge is 0.468 e. The van der Waals surface area contributed by atoms with Crippen LogP contribution in [0, 0.1) is 0 Å². The maximum atomic E-state index is 12.4. The van der Waals surface area contributed by atoms with Crippen molar-refractivity contribution < 1.29 is 13.9 Å². The molecule has 0 spiro atoms. The summed E-state index contributed by atoms with van der Waals surface area (Å²) in [5.74, 6) is 0.208. The Kier molecular flexibility index (Phi) is 7.34. The maximum absolute atomic E-state index is 12.4. The molecule has 0 aliphatic carbocycles. The Bertz CT molecular complexity index is 223. The fraction of sp³-hybridized carbons (Fsp3) is 0.700. The van der Waals surface area contributed by atoms with E-state index >= 15 is 0 Å². The van der Waals surface area contributed by atoms with E-state index in [-0.39, 0.29) is 18.9 Å². The molecule has 1 N–H and O–H groups in total. The molecule has 0 saturated carbocycles. The molecule has 1 rings (SSSR count). The minimum Gasteiger partial charge on any atom is -0.468 e. The number of halogens is 2. The number of alkyl halides is 2. The Morgan fingerprint density at radius 1 is 1.73 bits per heavy atom. The van der Waals surface area contributed by atoms with Crippen LogP contribution in [0.2, 0.25) is 0 Å². The molecule has 2 unspecified atom stereocenters. The van der Waals surface area contributed by atoms with Crippen LogP contribution in [0.5, 0.6) is 0 Å². The average molecular weight is 238 g/mol. The van der Waals surface area contributed by atoms with Crippen LogP contribution in [0.3, 0.4) is 0 Å². The second-order valence-electron chi connectivity index (χ2n) is 3.41. The number of hydrogen-bond acceptors (Lipinski definition) is 3. The Hall–Kier alpha value is -0.610. The molecule has 1 saturated heterocycles. The molecular weight excluding hydrogens is 221 g/mol. The van der Waals surface area contributed by atoms with Gasteiger partial charge < -0.3 is 10.1 Å². The van der Waals surface area contributed by atoms with Crippen LogP contribution in [0.1, 0.15) is 13.3 Å². The zero-order valence-electron chi connectivity index (χ0n) is 9.06. The summed E-state index contributed by atoms with van der Waals surface area (Å²) in [6, 6.07) is -0.431. The second-order valence-corrected chi connectivity index (χ2v) is 3.67. The maximum Gasteiger partial charge on any atom is 0.322 e. The first kappa shape index (κ1) is 14.4. The third-order valence-corrected chi connectivity index (χ3v) is 2.25. The van der Waals surface area contributed by atoms with Crippen molar-refractivity contribution in [3.63, 3.8) is 0 Å². The highest BCUT2D eigenvalue weighted by atomic mass is 35.5. The lowest BCUT2D eigenvalue weighted by Gasteiger charge is -2.04. The highest BCUT2D eigenvalue weighted by Crippen LogP contribution is 2.10. The van der Waals surface area contributed by atoms with Gasteiger partial charge in [-0.1, -0.05) is 12.2 Å². The van der Waals surface area contributed by atoms with E-state index in [1.54, 1.807) is 0 Å². The van der Waals surface area contributed by atoms with E-state index in [4.69, 9.17) is 11.6 Å². The zero-order chi connectivity index (χ0) is 11.8.